The molecule has 0 saturated heterocycles. The monoisotopic (exact) mass is 372 g/mol. The average Bonchev–Trinajstić information content (AvgIpc) is 2.59. The van der Waals surface area contributed by atoms with Gasteiger partial charge in [-0.3, -0.25) is 15.6 Å². The standard InChI is InChI=1S/C15H12F4N4O3/c1-2-26-13(25)10-7-20-14(21-11(10)15(17,18)19)23-22-12(24)8-3-5-9(16)6-4-8/h3-7H,2H2,1H3,(H,22,24)(H,20,21,23). The van der Waals surface area contributed by atoms with E-state index >= 15 is 0 Å². The summed E-state index contributed by atoms with van der Waals surface area (Å²) in [5.41, 5.74) is 1.86. The highest BCUT2D eigenvalue weighted by Gasteiger charge is 2.38. The Balaban J connectivity index is 2.18. The molecule has 0 aliphatic rings. The zero-order valence-corrected chi connectivity index (χ0v) is 13.2. The van der Waals surface area contributed by atoms with Crippen LogP contribution in [0, 0.1) is 5.82 Å². The Kier molecular flexibility index (Phi) is 5.70. The molecular formula is C15H12F4N4O3. The Morgan fingerprint density at radius 1 is 1.19 bits per heavy atom. The summed E-state index contributed by atoms with van der Waals surface area (Å²) < 4.78 is 56.6. The van der Waals surface area contributed by atoms with E-state index in [0.717, 1.165) is 12.1 Å². The lowest BCUT2D eigenvalue weighted by Crippen LogP contribution is -2.31. The topological polar surface area (TPSA) is 93.2 Å². The van der Waals surface area contributed by atoms with Crippen LogP contribution in [0.25, 0.3) is 0 Å². The van der Waals surface area contributed by atoms with Gasteiger partial charge in [-0.25, -0.2) is 19.2 Å². The van der Waals surface area contributed by atoms with Gasteiger partial charge >= 0.3 is 12.1 Å². The van der Waals surface area contributed by atoms with Crippen molar-refractivity contribution in [3.05, 3.63) is 53.1 Å². The fourth-order valence-electron chi connectivity index (χ4n) is 1.80. The van der Waals surface area contributed by atoms with Crippen LogP contribution in [0.5, 0.6) is 0 Å². The van der Waals surface area contributed by atoms with E-state index in [1.807, 2.05) is 0 Å². The predicted octanol–water partition coefficient (Wildman–Crippen LogP) is 2.57. The van der Waals surface area contributed by atoms with Crippen LogP contribution in [-0.4, -0.2) is 28.5 Å². The van der Waals surface area contributed by atoms with Crippen LogP contribution >= 0.6 is 0 Å². The van der Waals surface area contributed by atoms with Gasteiger partial charge in [0.1, 0.15) is 11.4 Å². The molecule has 0 fully saturated rings. The van der Waals surface area contributed by atoms with E-state index in [0.29, 0.717) is 6.20 Å². The lowest BCUT2D eigenvalue weighted by molar-refractivity contribution is -0.141. The summed E-state index contributed by atoms with van der Waals surface area (Å²) in [6.45, 7) is 1.32. The number of alkyl halides is 3. The van der Waals surface area contributed by atoms with Crippen LogP contribution in [0.2, 0.25) is 0 Å². The first-order valence-corrected chi connectivity index (χ1v) is 7.15. The Morgan fingerprint density at radius 2 is 1.85 bits per heavy atom. The van der Waals surface area contributed by atoms with Crippen molar-refractivity contribution in [2.24, 2.45) is 0 Å². The minimum atomic E-state index is -4.94. The third-order valence-corrected chi connectivity index (χ3v) is 2.95. The lowest BCUT2D eigenvalue weighted by Gasteiger charge is -2.13. The van der Waals surface area contributed by atoms with Gasteiger partial charge < -0.3 is 4.74 Å². The molecule has 7 nitrogen and oxygen atoms in total. The lowest BCUT2D eigenvalue weighted by atomic mass is 10.2. The van der Waals surface area contributed by atoms with E-state index in [-0.39, 0.29) is 12.2 Å². The number of ether oxygens (including phenoxy) is 1. The molecule has 2 rings (SSSR count). The second-order valence-corrected chi connectivity index (χ2v) is 4.76. The molecule has 26 heavy (non-hydrogen) atoms. The number of nitrogens with one attached hydrogen (secondary N) is 2. The Labute approximate surface area is 144 Å². The van der Waals surface area contributed by atoms with Gasteiger partial charge in [-0.05, 0) is 31.2 Å². The van der Waals surface area contributed by atoms with E-state index in [4.69, 9.17) is 0 Å². The maximum absolute atomic E-state index is 13.1. The summed E-state index contributed by atoms with van der Waals surface area (Å²) in [5.74, 6) is -3.12. The second kappa shape index (κ2) is 7.76. The molecule has 0 bridgehead atoms. The number of aromatic nitrogens is 2. The molecule has 1 aromatic heterocycles. The van der Waals surface area contributed by atoms with Crippen LogP contribution in [0.1, 0.15) is 33.3 Å². The molecule has 0 atom stereocenters. The second-order valence-electron chi connectivity index (χ2n) is 4.76. The molecule has 0 unspecified atom stereocenters. The number of rotatable bonds is 5. The normalized spacial score (nSPS) is 11.0. The van der Waals surface area contributed by atoms with E-state index in [9.17, 15) is 27.2 Å². The number of carbonyl (C=O) groups is 2. The molecule has 138 valence electrons. The van der Waals surface area contributed by atoms with Gasteiger partial charge in [-0.2, -0.15) is 13.2 Å². The van der Waals surface area contributed by atoms with E-state index in [2.05, 4.69) is 25.6 Å². The summed E-state index contributed by atoms with van der Waals surface area (Å²) in [4.78, 5) is 30.1. The van der Waals surface area contributed by atoms with Crippen molar-refractivity contribution < 1.29 is 31.9 Å². The minimum absolute atomic E-state index is 0.0538. The summed E-state index contributed by atoms with van der Waals surface area (Å²) in [5, 5.41) is 0. The number of halogens is 4. The fourth-order valence-corrected chi connectivity index (χ4v) is 1.80. The Hall–Kier alpha value is -3.24. The van der Waals surface area contributed by atoms with Gasteiger partial charge in [0, 0.05) is 11.8 Å². The molecule has 0 aliphatic heterocycles. The largest absolute Gasteiger partial charge is 0.462 e. The number of anilines is 1. The maximum atomic E-state index is 13.1. The van der Waals surface area contributed by atoms with Crippen LogP contribution in [0.3, 0.4) is 0 Å². The highest BCUT2D eigenvalue weighted by molar-refractivity contribution is 5.94. The van der Waals surface area contributed by atoms with Crippen molar-refractivity contribution >= 4 is 17.8 Å². The first-order chi connectivity index (χ1) is 12.2. The Morgan fingerprint density at radius 3 is 2.42 bits per heavy atom. The maximum Gasteiger partial charge on any atom is 0.434 e. The van der Waals surface area contributed by atoms with Gasteiger partial charge in [0.2, 0.25) is 5.95 Å². The zero-order chi connectivity index (χ0) is 19.3. The van der Waals surface area contributed by atoms with Crippen molar-refractivity contribution in [2.45, 2.75) is 13.1 Å². The number of esters is 1. The smallest absolute Gasteiger partial charge is 0.434 e. The molecule has 1 heterocycles. The summed E-state index contributed by atoms with van der Waals surface area (Å²) in [7, 11) is 0. The van der Waals surface area contributed by atoms with Crippen LogP contribution < -0.4 is 10.9 Å². The highest BCUT2D eigenvalue weighted by Crippen LogP contribution is 2.31. The third kappa shape index (κ3) is 4.65. The predicted molar refractivity (Wildman–Crippen MR) is 80.5 cm³/mol. The molecule has 1 aromatic carbocycles. The number of nitrogens with zero attached hydrogens (tertiary/aromatic N) is 2. The zero-order valence-electron chi connectivity index (χ0n) is 13.2. The number of benzene rings is 1. The fraction of sp³-hybridized carbons (Fsp3) is 0.200. The van der Waals surface area contributed by atoms with Crippen molar-refractivity contribution in [1.29, 1.82) is 0 Å². The van der Waals surface area contributed by atoms with Gasteiger partial charge in [0.15, 0.2) is 5.69 Å². The van der Waals surface area contributed by atoms with E-state index in [1.165, 1.54) is 19.1 Å². The molecule has 0 saturated carbocycles. The summed E-state index contributed by atoms with van der Waals surface area (Å²) in [6, 6.07) is 4.44. The number of hydrogen-bond acceptors (Lipinski definition) is 6. The molecule has 2 aromatic rings. The van der Waals surface area contributed by atoms with Gasteiger partial charge in [-0.15, -0.1) is 0 Å². The van der Waals surface area contributed by atoms with Crippen LogP contribution in [0.15, 0.2) is 30.5 Å². The van der Waals surface area contributed by atoms with Gasteiger partial charge in [-0.1, -0.05) is 0 Å². The SMILES string of the molecule is CCOC(=O)c1cnc(NNC(=O)c2ccc(F)cc2)nc1C(F)(F)F. The number of amides is 1. The van der Waals surface area contributed by atoms with Gasteiger partial charge in [0.05, 0.1) is 6.61 Å². The quantitative estimate of drug-likeness (QED) is 0.476. The van der Waals surface area contributed by atoms with Crippen molar-refractivity contribution in [3.8, 4) is 0 Å². The molecular weight excluding hydrogens is 360 g/mol. The van der Waals surface area contributed by atoms with Gasteiger partial charge in [0.25, 0.3) is 5.91 Å². The van der Waals surface area contributed by atoms with Crippen molar-refractivity contribution in [3.63, 3.8) is 0 Å². The molecule has 11 heteroatoms. The summed E-state index contributed by atoms with van der Waals surface area (Å²) >= 11 is 0. The number of hydrogen-bond donors (Lipinski definition) is 2. The molecule has 2 N–H and O–H groups in total. The molecule has 1 amide bonds. The highest BCUT2D eigenvalue weighted by atomic mass is 19.4. The minimum Gasteiger partial charge on any atom is -0.462 e. The number of carbonyl (C=O) groups excluding carboxylic acids is 2. The third-order valence-electron chi connectivity index (χ3n) is 2.95. The molecule has 0 radical (unpaired) electrons. The van der Waals surface area contributed by atoms with E-state index < -0.39 is 41.1 Å². The van der Waals surface area contributed by atoms with Crippen molar-refractivity contribution in [2.75, 3.05) is 12.0 Å². The first-order valence-electron chi connectivity index (χ1n) is 7.15. The Bertz CT molecular complexity index is 810. The number of hydrazine groups is 1. The van der Waals surface area contributed by atoms with Crippen LogP contribution in [-0.2, 0) is 10.9 Å². The van der Waals surface area contributed by atoms with Crippen LogP contribution in [0.4, 0.5) is 23.5 Å². The average molecular weight is 372 g/mol. The first kappa shape index (κ1) is 19.1. The van der Waals surface area contributed by atoms with E-state index in [1.54, 1.807) is 0 Å². The summed E-state index contributed by atoms with van der Waals surface area (Å²) in [6.07, 6.45) is -4.30. The van der Waals surface area contributed by atoms with Crippen molar-refractivity contribution in [1.82, 2.24) is 15.4 Å². The molecule has 0 aliphatic carbocycles. The molecule has 0 spiro atoms.